The van der Waals surface area contributed by atoms with Crippen LogP contribution in [0.2, 0.25) is 0 Å². The van der Waals surface area contributed by atoms with Crippen LogP contribution in [0.4, 0.5) is 0 Å². The van der Waals surface area contributed by atoms with E-state index in [1.165, 1.54) is 114 Å². The Morgan fingerprint density at radius 1 is 0.621 bits per heavy atom. The van der Waals surface area contributed by atoms with Crippen LogP contribution in [0.5, 0.6) is 0 Å². The van der Waals surface area contributed by atoms with E-state index >= 15 is 0 Å². The Balaban J connectivity index is 1.39. The van der Waals surface area contributed by atoms with Crippen molar-refractivity contribution in [3.63, 3.8) is 0 Å². The number of benzene rings is 3. The van der Waals surface area contributed by atoms with Crippen molar-refractivity contribution >= 4 is 26.7 Å². The fraction of sp³-hybridized carbons (Fsp3) is 0.429. The Bertz CT molecular complexity index is 969. The molecule has 0 atom stereocenters. The van der Waals surface area contributed by atoms with Gasteiger partial charge in [0, 0.05) is 4.47 Å². The molecule has 0 bridgehead atoms. The summed E-state index contributed by atoms with van der Waals surface area (Å²) in [5, 5.41) is 2.80. The number of unbranched alkanes of at least 4 members (excludes halogenated alkanes) is 9. The van der Waals surface area contributed by atoms with E-state index in [2.05, 4.69) is 71.4 Å². The zero-order valence-corrected chi connectivity index (χ0v) is 19.4. The summed E-state index contributed by atoms with van der Waals surface area (Å²) in [6.45, 7) is 2.29. The van der Waals surface area contributed by atoms with Crippen LogP contribution in [0.1, 0.15) is 76.7 Å². The summed E-state index contributed by atoms with van der Waals surface area (Å²) < 4.78 is 1.20. The highest BCUT2D eigenvalue weighted by Gasteiger charge is 2.24. The molecule has 4 rings (SSSR count). The third-order valence-corrected chi connectivity index (χ3v) is 7.19. The molecule has 29 heavy (non-hydrogen) atoms. The van der Waals surface area contributed by atoms with Crippen LogP contribution in [0.15, 0.2) is 53.0 Å². The Kier molecular flexibility index (Phi) is 7.08. The first-order valence-corrected chi connectivity index (χ1v) is 12.4. The van der Waals surface area contributed by atoms with Gasteiger partial charge in [-0.05, 0) is 57.5 Å². The Morgan fingerprint density at radius 3 is 2.00 bits per heavy atom. The van der Waals surface area contributed by atoms with Gasteiger partial charge in [-0.1, -0.05) is 123 Å². The van der Waals surface area contributed by atoms with Gasteiger partial charge < -0.3 is 0 Å². The summed E-state index contributed by atoms with van der Waals surface area (Å²) in [5.41, 5.74) is 7.24. The summed E-state index contributed by atoms with van der Waals surface area (Å²) >= 11 is 3.77. The largest absolute Gasteiger partial charge is 0.0654 e. The standard InChI is InChI=1S/C28H33Br/c1-2-3-4-5-6-7-8-9-10-11-14-21-17-18-25-26(29)20-19-24-22-15-12-13-16-23(22)27(21)28(24)25/h12-13,15-20H,2-11,14H2,1H3. The molecule has 1 aliphatic carbocycles. The molecule has 0 nitrogen and oxygen atoms in total. The fourth-order valence-electron chi connectivity index (χ4n) is 4.93. The molecule has 152 valence electrons. The molecule has 0 saturated heterocycles. The van der Waals surface area contributed by atoms with Crippen molar-refractivity contribution < 1.29 is 0 Å². The Hall–Kier alpha value is -1.60. The van der Waals surface area contributed by atoms with Gasteiger partial charge in [0.1, 0.15) is 0 Å². The van der Waals surface area contributed by atoms with E-state index in [9.17, 15) is 0 Å². The molecule has 0 N–H and O–H groups in total. The van der Waals surface area contributed by atoms with Crippen molar-refractivity contribution in [2.75, 3.05) is 0 Å². The molecule has 1 aliphatic rings. The van der Waals surface area contributed by atoms with Gasteiger partial charge >= 0.3 is 0 Å². The maximum absolute atomic E-state index is 3.77. The van der Waals surface area contributed by atoms with E-state index in [4.69, 9.17) is 0 Å². The first kappa shape index (κ1) is 20.7. The summed E-state index contributed by atoms with van der Waals surface area (Å²) in [4.78, 5) is 0. The average molecular weight is 449 g/mol. The summed E-state index contributed by atoms with van der Waals surface area (Å²) in [6, 6.07) is 18.1. The molecule has 1 heteroatoms. The van der Waals surface area contributed by atoms with Crippen LogP contribution in [-0.4, -0.2) is 0 Å². The first-order valence-electron chi connectivity index (χ1n) is 11.6. The Morgan fingerprint density at radius 2 is 1.28 bits per heavy atom. The van der Waals surface area contributed by atoms with Gasteiger partial charge in [-0.3, -0.25) is 0 Å². The quantitative estimate of drug-likeness (QED) is 0.200. The number of aryl methyl sites for hydroxylation is 1. The highest BCUT2D eigenvalue weighted by Crippen LogP contribution is 2.50. The van der Waals surface area contributed by atoms with Crippen molar-refractivity contribution in [2.45, 2.75) is 77.6 Å². The van der Waals surface area contributed by atoms with Gasteiger partial charge in [0.2, 0.25) is 0 Å². The molecule has 0 aromatic heterocycles. The van der Waals surface area contributed by atoms with Gasteiger partial charge in [0.25, 0.3) is 0 Å². The van der Waals surface area contributed by atoms with Crippen molar-refractivity contribution in [2.24, 2.45) is 0 Å². The van der Waals surface area contributed by atoms with E-state index in [-0.39, 0.29) is 0 Å². The van der Waals surface area contributed by atoms with Crippen LogP contribution in [0, 0.1) is 0 Å². The summed E-state index contributed by atoms with van der Waals surface area (Å²) in [5.74, 6) is 0. The molecule has 0 heterocycles. The molecule has 0 spiro atoms. The molecule has 0 fully saturated rings. The van der Waals surface area contributed by atoms with Crippen molar-refractivity contribution in [1.82, 2.24) is 0 Å². The predicted molar refractivity (Wildman–Crippen MR) is 132 cm³/mol. The van der Waals surface area contributed by atoms with E-state index < -0.39 is 0 Å². The van der Waals surface area contributed by atoms with Gasteiger partial charge in [-0.25, -0.2) is 0 Å². The smallest absolute Gasteiger partial charge is 0.0254 e. The zero-order chi connectivity index (χ0) is 20.1. The molecule has 0 amide bonds. The van der Waals surface area contributed by atoms with Crippen LogP contribution in [-0.2, 0) is 6.42 Å². The first-order chi connectivity index (χ1) is 14.3. The Labute approximate surface area is 184 Å². The third kappa shape index (κ3) is 4.45. The molecule has 0 saturated carbocycles. The van der Waals surface area contributed by atoms with E-state index in [1.54, 1.807) is 0 Å². The van der Waals surface area contributed by atoms with Gasteiger partial charge in [0.15, 0.2) is 0 Å². The number of rotatable bonds is 11. The lowest BCUT2D eigenvalue weighted by molar-refractivity contribution is 0.556. The maximum Gasteiger partial charge on any atom is 0.0254 e. The van der Waals surface area contributed by atoms with Crippen LogP contribution >= 0.6 is 15.9 Å². The molecule has 3 aromatic rings. The van der Waals surface area contributed by atoms with Crippen molar-refractivity contribution in [3.05, 3.63) is 58.6 Å². The van der Waals surface area contributed by atoms with Crippen molar-refractivity contribution in [3.8, 4) is 22.3 Å². The van der Waals surface area contributed by atoms with Gasteiger partial charge in [-0.2, -0.15) is 0 Å². The minimum absolute atomic E-state index is 1.20. The lowest BCUT2D eigenvalue weighted by Crippen LogP contribution is -1.91. The maximum atomic E-state index is 3.77. The molecular formula is C28H33Br. The van der Waals surface area contributed by atoms with Crippen molar-refractivity contribution in [1.29, 1.82) is 0 Å². The molecule has 0 unspecified atom stereocenters. The third-order valence-electron chi connectivity index (χ3n) is 6.50. The topological polar surface area (TPSA) is 0 Å². The van der Waals surface area contributed by atoms with Gasteiger partial charge in [0.05, 0.1) is 0 Å². The van der Waals surface area contributed by atoms with Crippen LogP contribution in [0.3, 0.4) is 0 Å². The second kappa shape index (κ2) is 9.94. The molecule has 0 aliphatic heterocycles. The highest BCUT2D eigenvalue weighted by molar-refractivity contribution is 9.10. The monoisotopic (exact) mass is 448 g/mol. The normalized spacial score (nSPS) is 11.9. The van der Waals surface area contributed by atoms with Crippen LogP contribution < -0.4 is 0 Å². The number of fused-ring (bicyclic) bond motifs is 3. The molecule has 0 radical (unpaired) electrons. The van der Waals surface area contributed by atoms with E-state index in [0.717, 1.165) is 0 Å². The SMILES string of the molecule is CCCCCCCCCCCCc1ccc2c(Br)ccc3c2c1-c1ccccc1-3. The zero-order valence-electron chi connectivity index (χ0n) is 17.8. The lowest BCUT2D eigenvalue weighted by Gasteiger charge is -2.11. The number of hydrogen-bond donors (Lipinski definition) is 0. The average Bonchev–Trinajstić information content (AvgIpc) is 3.08. The minimum atomic E-state index is 1.20. The van der Waals surface area contributed by atoms with Gasteiger partial charge in [-0.15, -0.1) is 0 Å². The fourth-order valence-corrected chi connectivity index (χ4v) is 5.40. The number of halogens is 1. The second-order valence-electron chi connectivity index (χ2n) is 8.59. The second-order valence-corrected chi connectivity index (χ2v) is 9.45. The summed E-state index contributed by atoms with van der Waals surface area (Å²) in [7, 11) is 0. The highest BCUT2D eigenvalue weighted by atomic mass is 79.9. The predicted octanol–water partition coefficient (Wildman–Crippen LogP) is 9.71. The van der Waals surface area contributed by atoms with E-state index in [1.807, 2.05) is 0 Å². The van der Waals surface area contributed by atoms with E-state index in [0.29, 0.717) is 0 Å². The lowest BCUT2D eigenvalue weighted by atomic mass is 9.94. The number of hydrogen-bond acceptors (Lipinski definition) is 0. The van der Waals surface area contributed by atoms with Crippen LogP contribution in [0.25, 0.3) is 33.0 Å². The molecular weight excluding hydrogens is 416 g/mol. The summed E-state index contributed by atoms with van der Waals surface area (Å²) in [6.07, 6.45) is 15.2. The molecule has 3 aromatic carbocycles. The minimum Gasteiger partial charge on any atom is -0.0654 e.